The fraction of sp³-hybridized carbons (Fsp3) is 0.348. The Balaban J connectivity index is 1.55. The van der Waals surface area contributed by atoms with Crippen molar-refractivity contribution in [2.24, 2.45) is 4.99 Å². The summed E-state index contributed by atoms with van der Waals surface area (Å²) >= 11 is 0. The molecule has 1 amide bonds. The van der Waals surface area contributed by atoms with Gasteiger partial charge in [-0.1, -0.05) is 30.3 Å². The molecular formula is C23H23FN2O3. The molecule has 0 N–H and O–H groups in total. The molecule has 5 nitrogen and oxygen atoms in total. The van der Waals surface area contributed by atoms with Crippen molar-refractivity contribution < 1.29 is 18.7 Å². The van der Waals surface area contributed by atoms with E-state index in [0.29, 0.717) is 25.1 Å². The Hall–Kier alpha value is -2.86. The summed E-state index contributed by atoms with van der Waals surface area (Å²) in [5.41, 5.74) is 3.13. The number of Topliss-reactive ketones (excluding diaryl/α,β-unsaturated/α-hetero) is 1. The molecule has 0 aliphatic carbocycles. The Morgan fingerprint density at radius 2 is 1.90 bits per heavy atom. The summed E-state index contributed by atoms with van der Waals surface area (Å²) in [6, 6.07) is 12.0. The first-order valence-electron chi connectivity index (χ1n) is 9.83. The van der Waals surface area contributed by atoms with Gasteiger partial charge in [-0.25, -0.2) is 4.39 Å². The van der Waals surface area contributed by atoms with Gasteiger partial charge in [0.15, 0.2) is 5.78 Å². The summed E-state index contributed by atoms with van der Waals surface area (Å²) in [6.45, 7) is 1.24. The molecule has 2 aliphatic heterocycles. The summed E-state index contributed by atoms with van der Waals surface area (Å²) in [4.78, 5) is 31.0. The normalized spacial score (nSPS) is 17.1. The highest BCUT2D eigenvalue weighted by atomic mass is 19.1. The van der Waals surface area contributed by atoms with Crippen LogP contribution in [-0.4, -0.2) is 55.2 Å². The number of amides is 1. The summed E-state index contributed by atoms with van der Waals surface area (Å²) in [5.74, 6) is -0.812. The van der Waals surface area contributed by atoms with Gasteiger partial charge in [-0.2, -0.15) is 0 Å². The summed E-state index contributed by atoms with van der Waals surface area (Å²) in [6.07, 6.45) is 2.11. The Morgan fingerprint density at radius 1 is 1.17 bits per heavy atom. The summed E-state index contributed by atoms with van der Waals surface area (Å²) < 4.78 is 19.8. The first kappa shape index (κ1) is 19.5. The number of aliphatic imine (C=N–C) groups is 1. The molecule has 2 heterocycles. The van der Waals surface area contributed by atoms with Crippen molar-refractivity contribution >= 4 is 17.4 Å². The van der Waals surface area contributed by atoms with E-state index in [1.54, 1.807) is 30.2 Å². The van der Waals surface area contributed by atoms with Gasteiger partial charge in [0.05, 0.1) is 11.7 Å². The monoisotopic (exact) mass is 394 g/mol. The number of ether oxygens (including phenoxy) is 1. The van der Waals surface area contributed by atoms with E-state index in [0.717, 1.165) is 29.7 Å². The van der Waals surface area contributed by atoms with E-state index < -0.39 is 5.82 Å². The number of piperidine rings is 1. The number of likely N-dealkylation sites (tertiary alicyclic amines) is 1. The van der Waals surface area contributed by atoms with E-state index in [9.17, 15) is 14.0 Å². The number of halogens is 1. The highest BCUT2D eigenvalue weighted by molar-refractivity contribution is 6.15. The highest BCUT2D eigenvalue weighted by Gasteiger charge is 2.26. The lowest BCUT2D eigenvalue weighted by Crippen LogP contribution is -2.41. The van der Waals surface area contributed by atoms with Crippen LogP contribution in [0.25, 0.3) is 0 Å². The van der Waals surface area contributed by atoms with E-state index >= 15 is 0 Å². The first-order chi connectivity index (χ1) is 14.1. The van der Waals surface area contributed by atoms with Crippen LogP contribution in [0.15, 0.2) is 47.5 Å². The van der Waals surface area contributed by atoms with Gasteiger partial charge in [-0.15, -0.1) is 0 Å². The molecule has 0 bridgehead atoms. The Morgan fingerprint density at radius 3 is 2.62 bits per heavy atom. The predicted molar refractivity (Wildman–Crippen MR) is 108 cm³/mol. The Bertz CT molecular complexity index is 978. The van der Waals surface area contributed by atoms with Gasteiger partial charge in [0.1, 0.15) is 12.4 Å². The molecule has 4 rings (SSSR count). The molecule has 29 heavy (non-hydrogen) atoms. The second kappa shape index (κ2) is 8.25. The smallest absolute Gasteiger partial charge is 0.256 e. The second-order valence-electron chi connectivity index (χ2n) is 7.45. The van der Waals surface area contributed by atoms with Crippen molar-refractivity contribution in [3.05, 3.63) is 70.5 Å². The lowest BCUT2D eigenvalue weighted by atomic mass is 9.92. The summed E-state index contributed by atoms with van der Waals surface area (Å²) in [5, 5.41) is 0. The lowest BCUT2D eigenvalue weighted by Gasteiger charge is -2.31. The van der Waals surface area contributed by atoms with Crippen LogP contribution in [0.4, 0.5) is 4.39 Å². The molecule has 2 aromatic rings. The molecule has 0 aromatic heterocycles. The number of ketones is 1. The van der Waals surface area contributed by atoms with Crippen molar-refractivity contribution in [2.45, 2.75) is 25.4 Å². The van der Waals surface area contributed by atoms with Gasteiger partial charge >= 0.3 is 0 Å². The molecule has 2 aliphatic rings. The molecule has 1 saturated heterocycles. The van der Waals surface area contributed by atoms with Crippen LogP contribution in [0.2, 0.25) is 0 Å². The maximum absolute atomic E-state index is 14.4. The van der Waals surface area contributed by atoms with Gasteiger partial charge in [-0.05, 0) is 30.5 Å². The maximum atomic E-state index is 14.4. The van der Waals surface area contributed by atoms with E-state index in [1.807, 2.05) is 18.2 Å². The van der Waals surface area contributed by atoms with Crippen molar-refractivity contribution in [2.75, 3.05) is 26.7 Å². The Kier molecular flexibility index (Phi) is 5.53. The first-order valence-corrected chi connectivity index (χ1v) is 9.83. The molecule has 0 atom stereocenters. The van der Waals surface area contributed by atoms with Crippen LogP contribution < -0.4 is 0 Å². The van der Waals surface area contributed by atoms with Crippen LogP contribution in [0.1, 0.15) is 44.7 Å². The number of methoxy groups -OCH3 is 1. The van der Waals surface area contributed by atoms with Gasteiger partial charge in [0, 0.05) is 43.5 Å². The second-order valence-corrected chi connectivity index (χ2v) is 7.45. The molecule has 0 spiro atoms. The van der Waals surface area contributed by atoms with Crippen molar-refractivity contribution in [3.8, 4) is 0 Å². The predicted octanol–water partition coefficient (Wildman–Crippen LogP) is 3.30. The minimum atomic E-state index is -0.520. The number of carbonyl (C=O) groups excluding carboxylic acids is 2. The van der Waals surface area contributed by atoms with Gasteiger partial charge in [0.2, 0.25) is 0 Å². The fourth-order valence-electron chi connectivity index (χ4n) is 3.97. The lowest BCUT2D eigenvalue weighted by molar-refractivity contribution is 0.0348. The average molecular weight is 394 g/mol. The zero-order valence-electron chi connectivity index (χ0n) is 16.4. The van der Waals surface area contributed by atoms with Crippen molar-refractivity contribution in [1.82, 2.24) is 4.90 Å². The number of nitrogens with zero attached hydrogens (tertiary/aromatic N) is 2. The van der Waals surface area contributed by atoms with Crippen molar-refractivity contribution in [1.29, 1.82) is 0 Å². The molecular weight excluding hydrogens is 371 g/mol. The zero-order chi connectivity index (χ0) is 20.4. The largest absolute Gasteiger partial charge is 0.381 e. The maximum Gasteiger partial charge on any atom is 0.256 e. The van der Waals surface area contributed by atoms with Gasteiger partial charge < -0.3 is 9.64 Å². The SMILES string of the molecule is COC1CCN(C(=O)c2cc(CC3=NCC(=O)c4ccccc43)ccc2F)CC1. The van der Waals surface area contributed by atoms with E-state index in [4.69, 9.17) is 4.74 Å². The fourth-order valence-corrected chi connectivity index (χ4v) is 3.97. The number of hydrogen-bond donors (Lipinski definition) is 0. The molecule has 0 radical (unpaired) electrons. The number of hydrogen-bond acceptors (Lipinski definition) is 4. The standard InChI is InChI=1S/C23H23FN2O3/c1-29-16-8-10-26(11-9-16)23(28)19-12-15(6-7-20(19)24)13-21-17-4-2-3-5-18(17)22(27)14-25-21/h2-7,12,16H,8-11,13-14H2,1H3. The quantitative estimate of drug-likeness (QED) is 0.800. The van der Waals surface area contributed by atoms with Crippen LogP contribution >= 0.6 is 0 Å². The van der Waals surface area contributed by atoms with Crippen LogP contribution in [0.3, 0.4) is 0 Å². The van der Waals surface area contributed by atoms with Crippen LogP contribution in [0, 0.1) is 5.82 Å². The number of fused-ring (bicyclic) bond motifs is 1. The van der Waals surface area contributed by atoms with Crippen molar-refractivity contribution in [3.63, 3.8) is 0 Å². The molecule has 2 aromatic carbocycles. The zero-order valence-corrected chi connectivity index (χ0v) is 16.4. The molecule has 1 fully saturated rings. The minimum Gasteiger partial charge on any atom is -0.381 e. The van der Waals surface area contributed by atoms with Crippen LogP contribution in [-0.2, 0) is 11.2 Å². The summed E-state index contributed by atoms with van der Waals surface area (Å²) in [7, 11) is 1.67. The average Bonchev–Trinajstić information content (AvgIpc) is 2.77. The molecule has 6 heteroatoms. The minimum absolute atomic E-state index is 0.00113. The molecule has 0 saturated carbocycles. The van der Waals surface area contributed by atoms with Gasteiger partial charge in [-0.3, -0.25) is 14.6 Å². The topological polar surface area (TPSA) is 59.0 Å². The van der Waals surface area contributed by atoms with E-state index in [2.05, 4.69) is 4.99 Å². The van der Waals surface area contributed by atoms with Crippen LogP contribution in [0.5, 0.6) is 0 Å². The highest BCUT2D eigenvalue weighted by Crippen LogP contribution is 2.22. The van der Waals surface area contributed by atoms with Gasteiger partial charge in [0.25, 0.3) is 5.91 Å². The third kappa shape index (κ3) is 3.98. The Labute approximate surface area is 169 Å². The number of carbonyl (C=O) groups is 2. The van der Waals surface area contributed by atoms with E-state index in [-0.39, 0.29) is 29.9 Å². The molecule has 150 valence electrons. The molecule has 0 unspecified atom stereocenters. The number of benzene rings is 2. The third-order valence-corrected chi connectivity index (χ3v) is 5.65. The third-order valence-electron chi connectivity index (χ3n) is 5.65. The number of rotatable bonds is 4. The van der Waals surface area contributed by atoms with E-state index in [1.165, 1.54) is 6.07 Å².